The standard InChI is InChI=1S/C12H17F3N2/c1-10(3-2-6-12(13,14)15)17-9-11-4-7-16-8-5-11/h4-5,7-8,10,17H,2-3,6,9H2,1H3. The quantitative estimate of drug-likeness (QED) is 0.833. The van der Waals surface area contributed by atoms with Gasteiger partial charge in [-0.2, -0.15) is 13.2 Å². The summed E-state index contributed by atoms with van der Waals surface area (Å²) >= 11 is 0. The lowest BCUT2D eigenvalue weighted by molar-refractivity contribution is -0.135. The number of hydrogen-bond donors (Lipinski definition) is 1. The Morgan fingerprint density at radius 2 is 1.94 bits per heavy atom. The van der Waals surface area contributed by atoms with E-state index in [4.69, 9.17) is 0 Å². The molecule has 0 aliphatic carbocycles. The normalized spacial score (nSPS) is 13.6. The molecule has 0 saturated heterocycles. The van der Waals surface area contributed by atoms with Crippen molar-refractivity contribution in [1.29, 1.82) is 0 Å². The van der Waals surface area contributed by atoms with Crippen molar-refractivity contribution in [3.05, 3.63) is 30.1 Å². The van der Waals surface area contributed by atoms with Crippen molar-refractivity contribution in [2.45, 2.75) is 44.9 Å². The lowest BCUT2D eigenvalue weighted by Crippen LogP contribution is -2.25. The number of halogens is 3. The number of nitrogens with one attached hydrogen (secondary N) is 1. The first-order chi connectivity index (χ1) is 7.97. The van der Waals surface area contributed by atoms with Crippen molar-refractivity contribution >= 4 is 0 Å². The van der Waals surface area contributed by atoms with Crippen LogP contribution in [0.3, 0.4) is 0 Å². The molecule has 1 unspecified atom stereocenters. The number of pyridine rings is 1. The van der Waals surface area contributed by atoms with E-state index < -0.39 is 12.6 Å². The van der Waals surface area contributed by atoms with Crippen LogP contribution in [-0.4, -0.2) is 17.2 Å². The fourth-order valence-corrected chi connectivity index (χ4v) is 1.50. The van der Waals surface area contributed by atoms with Gasteiger partial charge in [0.05, 0.1) is 0 Å². The summed E-state index contributed by atoms with van der Waals surface area (Å²) in [7, 11) is 0. The largest absolute Gasteiger partial charge is 0.389 e. The molecule has 0 aliphatic heterocycles. The zero-order valence-corrected chi connectivity index (χ0v) is 9.80. The summed E-state index contributed by atoms with van der Waals surface area (Å²) in [4.78, 5) is 3.90. The summed E-state index contributed by atoms with van der Waals surface area (Å²) in [6.07, 6.45) is -0.631. The molecule has 5 heteroatoms. The molecule has 0 aromatic carbocycles. The number of hydrogen-bond acceptors (Lipinski definition) is 2. The van der Waals surface area contributed by atoms with Crippen molar-refractivity contribution in [3.8, 4) is 0 Å². The fourth-order valence-electron chi connectivity index (χ4n) is 1.50. The average molecular weight is 246 g/mol. The van der Waals surface area contributed by atoms with Crippen molar-refractivity contribution < 1.29 is 13.2 Å². The molecule has 1 atom stereocenters. The van der Waals surface area contributed by atoms with Gasteiger partial charge in [0.25, 0.3) is 0 Å². The Balaban J connectivity index is 2.15. The van der Waals surface area contributed by atoms with Crippen LogP contribution in [0.4, 0.5) is 13.2 Å². The van der Waals surface area contributed by atoms with Gasteiger partial charge in [-0.3, -0.25) is 4.98 Å². The van der Waals surface area contributed by atoms with Crippen LogP contribution in [0.1, 0.15) is 31.7 Å². The molecule has 1 heterocycles. The second-order valence-corrected chi connectivity index (χ2v) is 4.14. The van der Waals surface area contributed by atoms with Crippen LogP contribution in [-0.2, 0) is 6.54 Å². The third-order valence-corrected chi connectivity index (χ3v) is 2.50. The second kappa shape index (κ2) is 6.59. The van der Waals surface area contributed by atoms with Gasteiger partial charge in [0.1, 0.15) is 0 Å². The van der Waals surface area contributed by atoms with Gasteiger partial charge < -0.3 is 5.32 Å². The monoisotopic (exact) mass is 246 g/mol. The van der Waals surface area contributed by atoms with Crippen molar-refractivity contribution in [3.63, 3.8) is 0 Å². The molecule has 1 N–H and O–H groups in total. The fraction of sp³-hybridized carbons (Fsp3) is 0.583. The van der Waals surface area contributed by atoms with E-state index in [-0.39, 0.29) is 12.5 Å². The van der Waals surface area contributed by atoms with Crippen LogP contribution >= 0.6 is 0 Å². The summed E-state index contributed by atoms with van der Waals surface area (Å²) < 4.78 is 35.8. The smallest absolute Gasteiger partial charge is 0.310 e. The highest BCUT2D eigenvalue weighted by Crippen LogP contribution is 2.22. The van der Waals surface area contributed by atoms with E-state index in [1.165, 1.54) is 0 Å². The molecular weight excluding hydrogens is 229 g/mol. The maximum absolute atomic E-state index is 11.9. The summed E-state index contributed by atoms with van der Waals surface area (Å²) in [5.41, 5.74) is 1.09. The van der Waals surface area contributed by atoms with Gasteiger partial charge in [-0.15, -0.1) is 0 Å². The van der Waals surface area contributed by atoms with E-state index >= 15 is 0 Å². The van der Waals surface area contributed by atoms with Crippen LogP contribution in [0.25, 0.3) is 0 Å². The van der Waals surface area contributed by atoms with Gasteiger partial charge in [0, 0.05) is 31.4 Å². The van der Waals surface area contributed by atoms with Gasteiger partial charge in [0.2, 0.25) is 0 Å². The molecule has 0 aliphatic rings. The Bertz CT molecular complexity index is 311. The van der Waals surface area contributed by atoms with Crippen molar-refractivity contribution in [2.24, 2.45) is 0 Å². The minimum Gasteiger partial charge on any atom is -0.310 e. The van der Waals surface area contributed by atoms with Crippen LogP contribution in [0.15, 0.2) is 24.5 Å². The van der Waals surface area contributed by atoms with E-state index in [0.29, 0.717) is 13.0 Å². The third-order valence-electron chi connectivity index (χ3n) is 2.50. The van der Waals surface area contributed by atoms with Crippen LogP contribution in [0, 0.1) is 0 Å². The predicted octanol–water partition coefficient (Wildman–Crippen LogP) is 3.29. The molecule has 96 valence electrons. The van der Waals surface area contributed by atoms with Gasteiger partial charge in [-0.25, -0.2) is 0 Å². The highest BCUT2D eigenvalue weighted by molar-refractivity contribution is 5.09. The topological polar surface area (TPSA) is 24.9 Å². The molecule has 0 saturated carbocycles. The Morgan fingerprint density at radius 3 is 2.53 bits per heavy atom. The van der Waals surface area contributed by atoms with E-state index in [1.807, 2.05) is 19.1 Å². The number of alkyl halides is 3. The summed E-state index contributed by atoms with van der Waals surface area (Å²) in [5, 5.41) is 3.19. The maximum Gasteiger partial charge on any atom is 0.389 e. The maximum atomic E-state index is 11.9. The first kappa shape index (κ1) is 14.0. The van der Waals surface area contributed by atoms with Crippen LogP contribution in [0.2, 0.25) is 0 Å². The van der Waals surface area contributed by atoms with E-state index in [9.17, 15) is 13.2 Å². The second-order valence-electron chi connectivity index (χ2n) is 4.14. The van der Waals surface area contributed by atoms with Crippen LogP contribution < -0.4 is 5.32 Å². The zero-order valence-electron chi connectivity index (χ0n) is 9.80. The lowest BCUT2D eigenvalue weighted by atomic mass is 10.1. The first-order valence-electron chi connectivity index (χ1n) is 5.66. The summed E-state index contributed by atoms with van der Waals surface area (Å²) in [6, 6.07) is 3.86. The average Bonchev–Trinajstić information content (AvgIpc) is 2.26. The van der Waals surface area contributed by atoms with E-state index in [1.54, 1.807) is 12.4 Å². The Hall–Kier alpha value is -1.10. The molecule has 1 rings (SSSR count). The molecule has 0 radical (unpaired) electrons. The Labute approximate surface area is 99.3 Å². The minimum absolute atomic E-state index is 0.0884. The molecule has 0 amide bonds. The first-order valence-corrected chi connectivity index (χ1v) is 5.66. The SMILES string of the molecule is CC(CCCC(F)(F)F)NCc1ccncc1. The van der Waals surface area contributed by atoms with Crippen molar-refractivity contribution in [2.75, 3.05) is 0 Å². The van der Waals surface area contributed by atoms with E-state index in [2.05, 4.69) is 10.3 Å². The van der Waals surface area contributed by atoms with Crippen molar-refractivity contribution in [1.82, 2.24) is 10.3 Å². The highest BCUT2D eigenvalue weighted by atomic mass is 19.4. The molecule has 0 bridgehead atoms. The minimum atomic E-state index is -4.04. The van der Waals surface area contributed by atoms with Gasteiger partial charge in [0.15, 0.2) is 0 Å². The molecule has 0 spiro atoms. The predicted molar refractivity (Wildman–Crippen MR) is 60.4 cm³/mol. The summed E-state index contributed by atoms with van der Waals surface area (Å²) in [6.45, 7) is 2.56. The third kappa shape index (κ3) is 6.94. The summed E-state index contributed by atoms with van der Waals surface area (Å²) in [5.74, 6) is 0. The molecule has 2 nitrogen and oxygen atoms in total. The van der Waals surface area contributed by atoms with Gasteiger partial charge >= 0.3 is 6.18 Å². The molecule has 0 fully saturated rings. The molecular formula is C12H17F3N2. The Kier molecular flexibility index (Phi) is 5.41. The zero-order chi connectivity index (χ0) is 12.7. The van der Waals surface area contributed by atoms with Gasteiger partial charge in [-0.05, 0) is 37.5 Å². The van der Waals surface area contributed by atoms with Crippen LogP contribution in [0.5, 0.6) is 0 Å². The number of aromatic nitrogens is 1. The Morgan fingerprint density at radius 1 is 1.29 bits per heavy atom. The number of rotatable bonds is 6. The molecule has 17 heavy (non-hydrogen) atoms. The number of nitrogens with zero attached hydrogens (tertiary/aromatic N) is 1. The lowest BCUT2D eigenvalue weighted by Gasteiger charge is -2.14. The molecule has 1 aromatic heterocycles. The van der Waals surface area contributed by atoms with E-state index in [0.717, 1.165) is 5.56 Å². The van der Waals surface area contributed by atoms with Gasteiger partial charge in [-0.1, -0.05) is 0 Å². The molecule has 1 aromatic rings. The highest BCUT2D eigenvalue weighted by Gasteiger charge is 2.26.